The van der Waals surface area contributed by atoms with Crippen molar-refractivity contribution in [3.05, 3.63) is 120 Å². The smallest absolute Gasteiger partial charge is 0.129 e. The van der Waals surface area contributed by atoms with Crippen LogP contribution in [0.2, 0.25) is 0 Å². The van der Waals surface area contributed by atoms with E-state index >= 15 is 0 Å². The Morgan fingerprint density at radius 1 is 0.795 bits per heavy atom. The summed E-state index contributed by atoms with van der Waals surface area (Å²) < 4.78 is 18.2. The maximum Gasteiger partial charge on any atom is 0.129 e. The molecule has 0 saturated carbocycles. The quantitative estimate of drug-likeness (QED) is 0.242. The third kappa shape index (κ3) is 9.17. The molecular weight excluding hydrogens is 508 g/mol. The van der Waals surface area contributed by atoms with E-state index in [1.165, 1.54) is 10.8 Å². The minimum absolute atomic E-state index is 0.116. The highest BCUT2D eigenvalue weighted by Crippen LogP contribution is 2.30. The Balaban J connectivity index is 0.000000243. The predicted molar refractivity (Wildman–Crippen MR) is 158 cm³/mol. The van der Waals surface area contributed by atoms with E-state index in [1.807, 2.05) is 91.0 Å². The summed E-state index contributed by atoms with van der Waals surface area (Å²) in [7, 11) is 0. The molecule has 1 fully saturated rings. The Morgan fingerprint density at radius 2 is 1.44 bits per heavy atom. The first-order valence-electron chi connectivity index (χ1n) is 13.5. The first-order chi connectivity index (χ1) is 19.2. The molecule has 4 aromatic rings. The molecule has 2 N–H and O–H groups in total. The molecule has 0 amide bonds. The average molecular weight is 547 g/mol. The number of hydrogen-bond acceptors (Lipinski definition) is 6. The Morgan fingerprint density at radius 3 is 2.10 bits per heavy atom. The summed E-state index contributed by atoms with van der Waals surface area (Å²) in [5.74, 6) is 0.898. The van der Waals surface area contributed by atoms with Crippen LogP contribution in [0.3, 0.4) is 0 Å². The first kappa shape index (κ1) is 29.3. The molecule has 0 spiro atoms. The zero-order chi connectivity index (χ0) is 27.3. The summed E-state index contributed by atoms with van der Waals surface area (Å²) >= 11 is 1.63. The molecule has 3 unspecified atom stereocenters. The number of aliphatic hydroxyl groups is 2. The first-order valence-corrected chi connectivity index (χ1v) is 14.5. The zero-order valence-electron chi connectivity index (χ0n) is 22.4. The maximum absolute atomic E-state index is 10.4. The summed E-state index contributed by atoms with van der Waals surface area (Å²) in [5, 5.41) is 21.7. The number of rotatable bonds is 10. The van der Waals surface area contributed by atoms with Gasteiger partial charge in [-0.15, -0.1) is 11.8 Å². The molecule has 206 valence electrons. The lowest BCUT2D eigenvalue weighted by Crippen LogP contribution is -2.49. The van der Waals surface area contributed by atoms with Crippen LogP contribution in [-0.2, 0) is 34.0 Å². The highest BCUT2D eigenvalue weighted by Gasteiger charge is 2.38. The SMILES string of the molecule is CCSC1OC(COCc2ccccc2)C(OCc2ccccc2)C[C@@H]1O.OCc1ccc2ccccc2c1. The number of thioether (sulfide) groups is 1. The van der Waals surface area contributed by atoms with E-state index in [0.717, 1.165) is 22.4 Å². The lowest BCUT2D eigenvalue weighted by Gasteiger charge is -2.39. The Bertz CT molecular complexity index is 1240. The fraction of sp³-hybridized carbons (Fsp3) is 0.333. The third-order valence-corrected chi connectivity index (χ3v) is 7.63. The molecule has 4 aromatic carbocycles. The van der Waals surface area contributed by atoms with Crippen LogP contribution < -0.4 is 0 Å². The van der Waals surface area contributed by atoms with Crippen LogP contribution in [0.5, 0.6) is 0 Å². The van der Waals surface area contributed by atoms with Crippen LogP contribution in [0.25, 0.3) is 10.8 Å². The topological polar surface area (TPSA) is 68.2 Å². The second kappa shape index (κ2) is 15.8. The van der Waals surface area contributed by atoms with E-state index in [1.54, 1.807) is 11.8 Å². The Hall–Kier alpha value is -2.71. The predicted octanol–water partition coefficient (Wildman–Crippen LogP) is 6.35. The molecule has 1 aliphatic rings. The molecule has 1 heterocycles. The van der Waals surface area contributed by atoms with Gasteiger partial charge in [0.25, 0.3) is 0 Å². The second-order valence-electron chi connectivity index (χ2n) is 9.48. The van der Waals surface area contributed by atoms with Gasteiger partial charge >= 0.3 is 0 Å². The fourth-order valence-corrected chi connectivity index (χ4v) is 5.35. The maximum atomic E-state index is 10.4. The van der Waals surface area contributed by atoms with Crippen molar-refractivity contribution in [1.29, 1.82) is 0 Å². The van der Waals surface area contributed by atoms with Gasteiger partial charge in [0.2, 0.25) is 0 Å². The van der Waals surface area contributed by atoms with Gasteiger partial charge in [0.05, 0.1) is 38.6 Å². The van der Waals surface area contributed by atoms with Gasteiger partial charge in [-0.25, -0.2) is 0 Å². The summed E-state index contributed by atoms with van der Waals surface area (Å²) in [6.07, 6.45) is -0.347. The van der Waals surface area contributed by atoms with E-state index in [4.69, 9.17) is 19.3 Å². The molecule has 6 heteroatoms. The standard InChI is InChI=1S/C22H28O4S.C11H10O/c1-2-27-22-19(23)13-20(25-15-18-11-7-4-8-12-18)21(26-22)16-24-14-17-9-5-3-6-10-17;12-8-9-5-6-10-3-1-2-4-11(10)7-9/h3-12,19-23H,2,13-16H2,1H3;1-7,12H,8H2/t19-,20?,21?,22?;/m0./s1. The Kier molecular flexibility index (Phi) is 11.8. The minimum Gasteiger partial charge on any atom is -0.392 e. The van der Waals surface area contributed by atoms with Gasteiger partial charge in [-0.3, -0.25) is 0 Å². The van der Waals surface area contributed by atoms with Gasteiger partial charge in [-0.05, 0) is 39.3 Å². The molecule has 0 aromatic heterocycles. The van der Waals surface area contributed by atoms with Crippen molar-refractivity contribution in [3.63, 3.8) is 0 Å². The highest BCUT2D eigenvalue weighted by molar-refractivity contribution is 7.99. The number of fused-ring (bicyclic) bond motifs is 1. The van der Waals surface area contributed by atoms with Crippen molar-refractivity contribution in [3.8, 4) is 0 Å². The minimum atomic E-state index is -0.527. The van der Waals surface area contributed by atoms with E-state index in [0.29, 0.717) is 26.2 Å². The number of ether oxygens (including phenoxy) is 3. The second-order valence-corrected chi connectivity index (χ2v) is 10.9. The van der Waals surface area contributed by atoms with Crippen molar-refractivity contribution < 1.29 is 24.4 Å². The molecule has 5 rings (SSSR count). The molecule has 1 saturated heterocycles. The van der Waals surface area contributed by atoms with Gasteiger partial charge in [0, 0.05) is 6.42 Å². The lowest BCUT2D eigenvalue weighted by molar-refractivity contribution is -0.178. The van der Waals surface area contributed by atoms with Gasteiger partial charge in [0.15, 0.2) is 0 Å². The number of aliphatic hydroxyl groups excluding tert-OH is 2. The number of benzene rings is 4. The van der Waals surface area contributed by atoms with Gasteiger partial charge in [0.1, 0.15) is 11.5 Å². The van der Waals surface area contributed by atoms with Gasteiger partial charge in [-0.1, -0.05) is 104 Å². The third-order valence-electron chi connectivity index (χ3n) is 6.54. The van der Waals surface area contributed by atoms with Gasteiger partial charge < -0.3 is 24.4 Å². The van der Waals surface area contributed by atoms with Crippen LogP contribution in [0, 0.1) is 0 Å². The van der Waals surface area contributed by atoms with Crippen molar-refractivity contribution in [2.45, 2.75) is 56.9 Å². The van der Waals surface area contributed by atoms with Crippen molar-refractivity contribution in [2.24, 2.45) is 0 Å². The van der Waals surface area contributed by atoms with Crippen molar-refractivity contribution in [1.82, 2.24) is 0 Å². The van der Waals surface area contributed by atoms with Crippen LogP contribution in [0.4, 0.5) is 0 Å². The zero-order valence-corrected chi connectivity index (χ0v) is 23.2. The molecule has 1 aliphatic heterocycles. The van der Waals surface area contributed by atoms with Crippen LogP contribution in [-0.4, -0.2) is 46.3 Å². The van der Waals surface area contributed by atoms with Crippen molar-refractivity contribution in [2.75, 3.05) is 12.4 Å². The fourth-order valence-electron chi connectivity index (χ4n) is 4.47. The summed E-state index contributed by atoms with van der Waals surface area (Å²) in [4.78, 5) is 0. The molecule has 5 nitrogen and oxygen atoms in total. The average Bonchev–Trinajstić information content (AvgIpc) is 2.99. The number of hydrogen-bond donors (Lipinski definition) is 2. The molecule has 0 bridgehead atoms. The molecule has 4 atom stereocenters. The van der Waals surface area contributed by atoms with Crippen LogP contribution >= 0.6 is 11.8 Å². The van der Waals surface area contributed by atoms with Crippen molar-refractivity contribution >= 4 is 22.5 Å². The van der Waals surface area contributed by atoms with E-state index in [2.05, 4.69) is 19.1 Å². The lowest BCUT2D eigenvalue weighted by atomic mass is 10.0. The van der Waals surface area contributed by atoms with E-state index < -0.39 is 6.10 Å². The monoisotopic (exact) mass is 546 g/mol. The van der Waals surface area contributed by atoms with E-state index in [-0.39, 0.29) is 24.3 Å². The largest absolute Gasteiger partial charge is 0.392 e. The van der Waals surface area contributed by atoms with Crippen LogP contribution in [0.1, 0.15) is 30.0 Å². The van der Waals surface area contributed by atoms with Gasteiger partial charge in [-0.2, -0.15) is 0 Å². The summed E-state index contributed by atoms with van der Waals surface area (Å²) in [5.41, 5.74) is 2.99. The summed E-state index contributed by atoms with van der Waals surface area (Å²) in [6, 6.07) is 34.3. The van der Waals surface area contributed by atoms with E-state index in [9.17, 15) is 5.11 Å². The normalized spacial score (nSPS) is 20.8. The molecular formula is C33H38O5S. The highest BCUT2D eigenvalue weighted by atomic mass is 32.2. The molecule has 0 aliphatic carbocycles. The Labute approximate surface area is 235 Å². The molecule has 39 heavy (non-hydrogen) atoms. The molecule has 0 radical (unpaired) electrons. The summed E-state index contributed by atoms with van der Waals surface area (Å²) in [6.45, 7) is 3.68. The van der Waals surface area contributed by atoms with Crippen LogP contribution in [0.15, 0.2) is 103 Å².